The number of carboxylic acid groups (broad SMARTS) is 1. The number of hydrogen-bond donors (Lipinski definition) is 2. The summed E-state index contributed by atoms with van der Waals surface area (Å²) in [5.74, 6) is 0.502. The third-order valence-electron chi connectivity index (χ3n) is 3.04. The fourth-order valence-corrected chi connectivity index (χ4v) is 1.89. The minimum Gasteiger partial charge on any atom is -0.481 e. The number of nitrogens with zero attached hydrogens (tertiary/aromatic N) is 1. The number of nitrogens with one attached hydrogen (secondary N) is 1. The molecule has 1 saturated carbocycles. The van der Waals surface area contributed by atoms with Gasteiger partial charge in [-0.15, -0.1) is 0 Å². The summed E-state index contributed by atoms with van der Waals surface area (Å²) in [6, 6.07) is 0. The highest BCUT2D eigenvalue weighted by Crippen LogP contribution is 2.31. The van der Waals surface area contributed by atoms with Gasteiger partial charge in [0, 0.05) is 24.1 Å². The molecule has 2 N–H and O–H groups in total. The molecule has 17 heavy (non-hydrogen) atoms. The molecule has 1 heterocycles. The van der Waals surface area contributed by atoms with E-state index in [4.69, 9.17) is 5.11 Å². The monoisotopic (exact) mass is 236 g/mol. The summed E-state index contributed by atoms with van der Waals surface area (Å²) < 4.78 is 0. The second-order valence-corrected chi connectivity index (χ2v) is 4.62. The first kappa shape index (κ1) is 11.8. The van der Waals surface area contributed by atoms with Crippen molar-refractivity contribution in [2.45, 2.75) is 39.0 Å². The van der Waals surface area contributed by atoms with Gasteiger partial charge in [0.25, 0.3) is 5.56 Å². The normalized spacial score (nSPS) is 14.9. The van der Waals surface area contributed by atoms with Gasteiger partial charge in [-0.3, -0.25) is 9.59 Å². The second kappa shape index (κ2) is 4.69. The minimum absolute atomic E-state index is 0.0342. The summed E-state index contributed by atoms with van der Waals surface area (Å²) in [6.45, 7) is 1.77. The lowest BCUT2D eigenvalue weighted by molar-refractivity contribution is -0.136. The Labute approximate surface area is 98.9 Å². The van der Waals surface area contributed by atoms with Gasteiger partial charge in [-0.05, 0) is 32.1 Å². The number of aromatic amines is 1. The predicted molar refractivity (Wildman–Crippen MR) is 62.0 cm³/mol. The number of rotatable bonds is 5. The van der Waals surface area contributed by atoms with Crippen molar-refractivity contribution in [3.05, 3.63) is 27.4 Å². The molecule has 0 bridgehead atoms. The maximum atomic E-state index is 11.8. The van der Waals surface area contributed by atoms with Crippen LogP contribution in [0.3, 0.4) is 0 Å². The van der Waals surface area contributed by atoms with Crippen LogP contribution in [0.5, 0.6) is 0 Å². The maximum absolute atomic E-state index is 11.8. The van der Waals surface area contributed by atoms with E-state index < -0.39 is 5.97 Å². The number of H-pyrrole nitrogens is 1. The van der Waals surface area contributed by atoms with Crippen molar-refractivity contribution in [1.82, 2.24) is 9.97 Å². The Morgan fingerprint density at radius 3 is 2.76 bits per heavy atom. The molecule has 1 aromatic heterocycles. The van der Waals surface area contributed by atoms with Crippen molar-refractivity contribution in [2.24, 2.45) is 5.92 Å². The summed E-state index contributed by atoms with van der Waals surface area (Å²) in [7, 11) is 0. The van der Waals surface area contributed by atoms with Crippen LogP contribution in [0.1, 0.15) is 36.3 Å². The van der Waals surface area contributed by atoms with Crippen LogP contribution in [0.4, 0.5) is 0 Å². The molecule has 5 nitrogen and oxygen atoms in total. The van der Waals surface area contributed by atoms with Gasteiger partial charge >= 0.3 is 5.97 Å². The fourth-order valence-electron chi connectivity index (χ4n) is 1.89. The number of aromatic nitrogens is 2. The SMILES string of the molecule is Cc1nc(CC2CC2)[nH]c(=O)c1CCC(=O)O. The molecule has 92 valence electrons. The first-order chi connectivity index (χ1) is 8.06. The van der Waals surface area contributed by atoms with E-state index in [9.17, 15) is 9.59 Å². The molecule has 1 fully saturated rings. The standard InChI is InChI=1S/C12H16N2O3/c1-7-9(4-5-11(15)16)12(17)14-10(13-7)6-8-2-3-8/h8H,2-6H2,1H3,(H,15,16)(H,13,14,17). The van der Waals surface area contributed by atoms with Crippen molar-refractivity contribution in [2.75, 3.05) is 0 Å². The Kier molecular flexibility index (Phi) is 3.26. The number of carbonyl (C=O) groups is 1. The molecular weight excluding hydrogens is 220 g/mol. The first-order valence-corrected chi connectivity index (χ1v) is 5.86. The van der Waals surface area contributed by atoms with Gasteiger partial charge in [-0.2, -0.15) is 0 Å². The summed E-state index contributed by atoms with van der Waals surface area (Å²) in [5.41, 5.74) is 0.965. The van der Waals surface area contributed by atoms with Crippen molar-refractivity contribution in [3.8, 4) is 0 Å². The third kappa shape index (κ3) is 3.15. The van der Waals surface area contributed by atoms with E-state index in [2.05, 4.69) is 9.97 Å². The average Bonchev–Trinajstić information content (AvgIpc) is 2.99. The largest absolute Gasteiger partial charge is 0.481 e. The van der Waals surface area contributed by atoms with Gasteiger partial charge in [0.1, 0.15) is 5.82 Å². The molecule has 0 saturated heterocycles. The van der Waals surface area contributed by atoms with Gasteiger partial charge in [0.05, 0.1) is 0 Å². The molecule has 1 aromatic rings. The topological polar surface area (TPSA) is 83.0 Å². The molecule has 0 radical (unpaired) electrons. The molecule has 0 amide bonds. The third-order valence-corrected chi connectivity index (χ3v) is 3.04. The zero-order valence-corrected chi connectivity index (χ0v) is 9.82. The summed E-state index contributed by atoms with van der Waals surface area (Å²) in [5, 5.41) is 8.61. The minimum atomic E-state index is -0.897. The average molecular weight is 236 g/mol. The molecule has 2 rings (SSSR count). The Morgan fingerprint density at radius 2 is 2.24 bits per heavy atom. The Balaban J connectivity index is 2.15. The van der Waals surface area contributed by atoms with Crippen molar-refractivity contribution in [3.63, 3.8) is 0 Å². The Hall–Kier alpha value is -1.65. The maximum Gasteiger partial charge on any atom is 0.303 e. The zero-order valence-electron chi connectivity index (χ0n) is 9.82. The van der Waals surface area contributed by atoms with Crippen molar-refractivity contribution >= 4 is 5.97 Å². The van der Waals surface area contributed by atoms with Gasteiger partial charge in [0.15, 0.2) is 0 Å². The predicted octanol–water partition coefficient (Wildman–Crippen LogP) is 1.05. The number of aryl methyl sites for hydroxylation is 1. The van der Waals surface area contributed by atoms with E-state index >= 15 is 0 Å². The number of carboxylic acids is 1. The van der Waals surface area contributed by atoms with Crippen LogP contribution >= 0.6 is 0 Å². The van der Waals surface area contributed by atoms with Crippen LogP contribution < -0.4 is 5.56 Å². The molecule has 0 aliphatic heterocycles. The molecule has 1 aliphatic carbocycles. The van der Waals surface area contributed by atoms with Crippen LogP contribution in [0.25, 0.3) is 0 Å². The Bertz CT molecular complexity index is 489. The summed E-state index contributed by atoms with van der Waals surface area (Å²) >= 11 is 0. The molecular formula is C12H16N2O3. The molecule has 0 atom stereocenters. The van der Waals surface area contributed by atoms with Gasteiger partial charge in [-0.25, -0.2) is 4.98 Å². The van der Waals surface area contributed by atoms with E-state index in [-0.39, 0.29) is 18.4 Å². The Morgan fingerprint density at radius 1 is 1.53 bits per heavy atom. The van der Waals surface area contributed by atoms with E-state index in [1.807, 2.05) is 0 Å². The van der Waals surface area contributed by atoms with Crippen LogP contribution in [-0.2, 0) is 17.6 Å². The van der Waals surface area contributed by atoms with Gasteiger partial charge in [0.2, 0.25) is 0 Å². The van der Waals surface area contributed by atoms with Crippen LogP contribution in [-0.4, -0.2) is 21.0 Å². The highest BCUT2D eigenvalue weighted by Gasteiger charge is 2.23. The lowest BCUT2D eigenvalue weighted by Crippen LogP contribution is -2.20. The van der Waals surface area contributed by atoms with E-state index in [0.29, 0.717) is 17.2 Å². The van der Waals surface area contributed by atoms with E-state index in [1.54, 1.807) is 6.92 Å². The van der Waals surface area contributed by atoms with Crippen molar-refractivity contribution < 1.29 is 9.90 Å². The molecule has 0 unspecified atom stereocenters. The van der Waals surface area contributed by atoms with Crippen LogP contribution in [0.2, 0.25) is 0 Å². The lowest BCUT2D eigenvalue weighted by Gasteiger charge is -2.05. The quantitative estimate of drug-likeness (QED) is 0.800. The van der Waals surface area contributed by atoms with E-state index in [0.717, 1.165) is 12.2 Å². The van der Waals surface area contributed by atoms with Crippen LogP contribution in [0, 0.1) is 12.8 Å². The zero-order chi connectivity index (χ0) is 12.4. The fraction of sp³-hybridized carbons (Fsp3) is 0.583. The van der Waals surface area contributed by atoms with Gasteiger partial charge in [-0.1, -0.05) is 0 Å². The number of hydrogen-bond acceptors (Lipinski definition) is 3. The molecule has 1 aliphatic rings. The summed E-state index contributed by atoms with van der Waals surface area (Å²) in [4.78, 5) is 29.4. The second-order valence-electron chi connectivity index (χ2n) is 4.62. The molecule has 0 spiro atoms. The highest BCUT2D eigenvalue weighted by atomic mass is 16.4. The molecule has 0 aromatic carbocycles. The lowest BCUT2D eigenvalue weighted by atomic mass is 10.1. The summed E-state index contributed by atoms with van der Waals surface area (Å²) in [6.07, 6.45) is 3.46. The highest BCUT2D eigenvalue weighted by molar-refractivity contribution is 5.67. The van der Waals surface area contributed by atoms with Gasteiger partial charge < -0.3 is 10.1 Å². The smallest absolute Gasteiger partial charge is 0.303 e. The number of aliphatic carboxylic acids is 1. The van der Waals surface area contributed by atoms with Crippen molar-refractivity contribution in [1.29, 1.82) is 0 Å². The molecule has 5 heteroatoms. The van der Waals surface area contributed by atoms with E-state index in [1.165, 1.54) is 12.8 Å². The first-order valence-electron chi connectivity index (χ1n) is 5.86. The van der Waals surface area contributed by atoms with Crippen LogP contribution in [0.15, 0.2) is 4.79 Å².